The van der Waals surface area contributed by atoms with Gasteiger partial charge in [-0.2, -0.15) is 0 Å². The van der Waals surface area contributed by atoms with Crippen molar-refractivity contribution in [2.45, 2.75) is 19.8 Å². The average Bonchev–Trinajstić information content (AvgIpc) is 3.08. The zero-order valence-electron chi connectivity index (χ0n) is 15.4. The zero-order valence-corrected chi connectivity index (χ0v) is 16.2. The number of carbonyl (C=O) groups excluding carboxylic acids is 2. The van der Waals surface area contributed by atoms with Gasteiger partial charge in [-0.05, 0) is 12.0 Å². The third kappa shape index (κ3) is 3.48. The predicted octanol–water partition coefficient (Wildman–Crippen LogP) is 3.16. The summed E-state index contributed by atoms with van der Waals surface area (Å²) in [7, 11) is 2.95. The van der Waals surface area contributed by atoms with Crippen LogP contribution in [0.25, 0.3) is 10.9 Å². The lowest BCUT2D eigenvalue weighted by atomic mass is 10.1. The molecule has 0 aliphatic carbocycles. The van der Waals surface area contributed by atoms with Gasteiger partial charge in [-0.1, -0.05) is 32.0 Å². The smallest absolute Gasteiger partial charge is 0.357 e. The highest BCUT2D eigenvalue weighted by molar-refractivity contribution is 7.16. The second-order valence-electron chi connectivity index (χ2n) is 6.30. The summed E-state index contributed by atoms with van der Waals surface area (Å²) < 4.78 is 6.25. The standard InChI is InChI=1S/C19H19N3O4S/c1-10(2)16-15(18(25)26-4)20-19(27-16)21-17(24)12-9-14(23)22(3)13-8-6-5-7-11(12)13/h5-10H,1-4H3,(H,20,21,24). The first-order chi connectivity index (χ1) is 12.8. The highest BCUT2D eigenvalue weighted by atomic mass is 32.1. The van der Waals surface area contributed by atoms with Crippen molar-refractivity contribution in [3.63, 3.8) is 0 Å². The van der Waals surface area contributed by atoms with Gasteiger partial charge in [-0.15, -0.1) is 11.3 Å². The van der Waals surface area contributed by atoms with E-state index in [4.69, 9.17) is 4.74 Å². The van der Waals surface area contributed by atoms with E-state index in [0.717, 1.165) is 4.88 Å². The van der Waals surface area contributed by atoms with Crippen LogP contribution in [0, 0.1) is 0 Å². The Morgan fingerprint density at radius 3 is 2.63 bits per heavy atom. The number of para-hydroxylation sites is 1. The minimum absolute atomic E-state index is 0.0482. The van der Waals surface area contributed by atoms with Crippen LogP contribution < -0.4 is 10.9 Å². The molecule has 7 nitrogen and oxygen atoms in total. The van der Waals surface area contributed by atoms with E-state index in [-0.39, 0.29) is 27.9 Å². The van der Waals surface area contributed by atoms with Crippen LogP contribution in [0.15, 0.2) is 35.1 Å². The molecule has 1 N–H and O–H groups in total. The van der Waals surface area contributed by atoms with E-state index in [1.807, 2.05) is 19.9 Å². The fourth-order valence-corrected chi connectivity index (χ4v) is 3.73. The third-order valence-corrected chi connectivity index (χ3v) is 5.45. The van der Waals surface area contributed by atoms with Crippen LogP contribution in [-0.4, -0.2) is 28.5 Å². The Morgan fingerprint density at radius 1 is 1.26 bits per heavy atom. The first-order valence-electron chi connectivity index (χ1n) is 8.32. The van der Waals surface area contributed by atoms with Crippen LogP contribution in [0.4, 0.5) is 5.13 Å². The van der Waals surface area contributed by atoms with E-state index in [2.05, 4.69) is 10.3 Å². The van der Waals surface area contributed by atoms with Crippen LogP contribution in [-0.2, 0) is 11.8 Å². The molecule has 0 atom stereocenters. The van der Waals surface area contributed by atoms with Gasteiger partial charge in [-0.3, -0.25) is 14.9 Å². The number of amides is 1. The normalized spacial score (nSPS) is 11.0. The fourth-order valence-electron chi connectivity index (χ4n) is 2.78. The Kier molecular flexibility index (Phi) is 5.09. The topological polar surface area (TPSA) is 90.3 Å². The lowest BCUT2D eigenvalue weighted by molar-refractivity contribution is 0.0593. The summed E-state index contributed by atoms with van der Waals surface area (Å²) in [5.74, 6) is -0.953. The number of aryl methyl sites for hydroxylation is 1. The number of fused-ring (bicyclic) bond motifs is 1. The number of aromatic nitrogens is 2. The molecule has 1 amide bonds. The Bertz CT molecular complexity index is 1100. The lowest BCUT2D eigenvalue weighted by Crippen LogP contribution is -2.21. The molecule has 0 aliphatic heterocycles. The predicted molar refractivity (Wildman–Crippen MR) is 105 cm³/mol. The molecule has 0 unspecified atom stereocenters. The van der Waals surface area contributed by atoms with Gasteiger partial charge in [0.1, 0.15) is 0 Å². The number of nitrogens with one attached hydrogen (secondary N) is 1. The maximum absolute atomic E-state index is 12.8. The van der Waals surface area contributed by atoms with Gasteiger partial charge >= 0.3 is 5.97 Å². The third-order valence-electron chi connectivity index (χ3n) is 4.18. The van der Waals surface area contributed by atoms with Crippen molar-refractivity contribution in [3.05, 3.63) is 56.8 Å². The molecule has 27 heavy (non-hydrogen) atoms. The molecule has 0 bridgehead atoms. The summed E-state index contributed by atoms with van der Waals surface area (Å²) in [6.45, 7) is 3.86. The molecule has 3 aromatic rings. The van der Waals surface area contributed by atoms with Gasteiger partial charge < -0.3 is 9.30 Å². The van der Waals surface area contributed by atoms with E-state index < -0.39 is 11.9 Å². The minimum atomic E-state index is -0.547. The summed E-state index contributed by atoms with van der Waals surface area (Å²) in [5, 5.41) is 3.65. The molecule has 0 aliphatic rings. The number of methoxy groups -OCH3 is 1. The first-order valence-corrected chi connectivity index (χ1v) is 9.14. The summed E-state index contributed by atoms with van der Waals surface area (Å²) in [5.41, 5.74) is 0.833. The molecule has 0 fully saturated rings. The van der Waals surface area contributed by atoms with Gasteiger partial charge in [0.25, 0.3) is 11.5 Å². The monoisotopic (exact) mass is 385 g/mol. The number of rotatable bonds is 4. The molecular formula is C19H19N3O4S. The minimum Gasteiger partial charge on any atom is -0.464 e. The van der Waals surface area contributed by atoms with Crippen LogP contribution in [0.3, 0.4) is 0 Å². The molecule has 0 saturated carbocycles. The van der Waals surface area contributed by atoms with Gasteiger partial charge in [0.15, 0.2) is 10.8 Å². The molecule has 2 aromatic heterocycles. The summed E-state index contributed by atoms with van der Waals surface area (Å²) in [4.78, 5) is 41.9. The maximum atomic E-state index is 12.8. The van der Waals surface area contributed by atoms with Crippen molar-refractivity contribution in [2.75, 3.05) is 12.4 Å². The van der Waals surface area contributed by atoms with E-state index in [1.165, 1.54) is 29.1 Å². The van der Waals surface area contributed by atoms with Crippen molar-refractivity contribution >= 4 is 39.2 Å². The molecule has 0 spiro atoms. The molecule has 0 saturated heterocycles. The summed E-state index contributed by atoms with van der Waals surface area (Å²) in [6, 6.07) is 8.48. The largest absolute Gasteiger partial charge is 0.464 e. The Labute approximate surface area is 159 Å². The van der Waals surface area contributed by atoms with E-state index in [0.29, 0.717) is 10.9 Å². The molecule has 140 valence electrons. The Balaban J connectivity index is 2.02. The second kappa shape index (κ2) is 7.32. The Hall–Kier alpha value is -3.00. The quantitative estimate of drug-likeness (QED) is 0.697. The van der Waals surface area contributed by atoms with Gasteiger partial charge in [0.05, 0.1) is 18.2 Å². The number of hydrogen-bond donors (Lipinski definition) is 1. The van der Waals surface area contributed by atoms with E-state index in [9.17, 15) is 14.4 Å². The van der Waals surface area contributed by atoms with Crippen molar-refractivity contribution in [1.29, 1.82) is 0 Å². The summed E-state index contributed by atoms with van der Waals surface area (Å²) >= 11 is 1.22. The van der Waals surface area contributed by atoms with Crippen molar-refractivity contribution in [2.24, 2.45) is 7.05 Å². The number of benzene rings is 1. The molecule has 8 heteroatoms. The Morgan fingerprint density at radius 2 is 1.96 bits per heavy atom. The molecule has 2 heterocycles. The second-order valence-corrected chi connectivity index (χ2v) is 7.34. The van der Waals surface area contributed by atoms with Crippen LogP contribution >= 0.6 is 11.3 Å². The maximum Gasteiger partial charge on any atom is 0.357 e. The molecular weight excluding hydrogens is 366 g/mol. The number of nitrogens with zero attached hydrogens (tertiary/aromatic N) is 2. The number of hydrogen-bond acceptors (Lipinski definition) is 6. The lowest BCUT2D eigenvalue weighted by Gasteiger charge is -2.09. The molecule has 0 radical (unpaired) electrons. The average molecular weight is 385 g/mol. The van der Waals surface area contributed by atoms with Crippen molar-refractivity contribution < 1.29 is 14.3 Å². The van der Waals surface area contributed by atoms with Crippen molar-refractivity contribution in [3.8, 4) is 0 Å². The number of thiazole rings is 1. The molecule has 3 rings (SSSR count). The van der Waals surface area contributed by atoms with E-state index in [1.54, 1.807) is 25.2 Å². The van der Waals surface area contributed by atoms with Crippen LogP contribution in [0.1, 0.15) is 45.5 Å². The highest BCUT2D eigenvalue weighted by Gasteiger charge is 2.22. The summed E-state index contributed by atoms with van der Waals surface area (Å²) in [6.07, 6.45) is 0. The number of pyridine rings is 1. The fraction of sp³-hybridized carbons (Fsp3) is 0.263. The zero-order chi connectivity index (χ0) is 19.7. The van der Waals surface area contributed by atoms with Crippen LogP contribution in [0.2, 0.25) is 0 Å². The molecule has 1 aromatic carbocycles. The van der Waals surface area contributed by atoms with Gasteiger partial charge in [0, 0.05) is 23.4 Å². The first kappa shape index (κ1) is 18.8. The van der Waals surface area contributed by atoms with Gasteiger partial charge in [0.2, 0.25) is 0 Å². The number of anilines is 1. The number of carbonyl (C=O) groups is 2. The van der Waals surface area contributed by atoms with Crippen LogP contribution in [0.5, 0.6) is 0 Å². The van der Waals surface area contributed by atoms with Crippen molar-refractivity contribution in [1.82, 2.24) is 9.55 Å². The van der Waals surface area contributed by atoms with Gasteiger partial charge in [-0.25, -0.2) is 9.78 Å². The van der Waals surface area contributed by atoms with E-state index >= 15 is 0 Å². The highest BCUT2D eigenvalue weighted by Crippen LogP contribution is 2.30. The number of esters is 1. The number of ether oxygens (including phenoxy) is 1. The SMILES string of the molecule is COC(=O)c1nc(NC(=O)c2cc(=O)n(C)c3ccccc23)sc1C(C)C.